The minimum absolute atomic E-state index is 0.0525. The Morgan fingerprint density at radius 3 is 2.79 bits per heavy atom. The van der Waals surface area contributed by atoms with E-state index in [0.29, 0.717) is 19.3 Å². The third-order valence-electron chi connectivity index (χ3n) is 2.96. The SMILES string of the molecule is CN1CCC(Oc2cc(C=O)ccc2[N+](=O)[O-])C1=O. The molecule has 1 atom stereocenters. The maximum absolute atomic E-state index is 11.7. The highest BCUT2D eigenvalue weighted by molar-refractivity contribution is 5.83. The summed E-state index contributed by atoms with van der Waals surface area (Å²) >= 11 is 0. The molecule has 1 amide bonds. The Hall–Kier alpha value is -2.44. The third kappa shape index (κ3) is 2.54. The molecule has 0 saturated carbocycles. The quantitative estimate of drug-likeness (QED) is 0.460. The number of hydrogen-bond acceptors (Lipinski definition) is 5. The molecule has 7 heteroatoms. The Balaban J connectivity index is 2.30. The average Bonchev–Trinajstić information content (AvgIpc) is 2.70. The molecule has 1 heterocycles. The first kappa shape index (κ1) is 13.0. The van der Waals surface area contributed by atoms with Crippen LogP contribution in [0.25, 0.3) is 0 Å². The van der Waals surface area contributed by atoms with Gasteiger partial charge in [-0.1, -0.05) is 0 Å². The van der Waals surface area contributed by atoms with Crippen molar-refractivity contribution >= 4 is 17.9 Å². The molecule has 0 radical (unpaired) electrons. The molecule has 1 unspecified atom stereocenters. The van der Waals surface area contributed by atoms with Crippen LogP contribution in [-0.4, -0.2) is 41.7 Å². The second-order valence-electron chi connectivity index (χ2n) is 4.26. The minimum atomic E-state index is -0.731. The highest BCUT2D eigenvalue weighted by Gasteiger charge is 2.32. The monoisotopic (exact) mass is 264 g/mol. The normalized spacial score (nSPS) is 18.5. The van der Waals surface area contributed by atoms with E-state index in [0.717, 1.165) is 0 Å². The number of carbonyl (C=O) groups is 2. The number of likely N-dealkylation sites (tertiary alicyclic amines) is 1. The van der Waals surface area contributed by atoms with E-state index in [-0.39, 0.29) is 22.9 Å². The van der Waals surface area contributed by atoms with Gasteiger partial charge in [0.1, 0.15) is 6.29 Å². The van der Waals surface area contributed by atoms with Crippen molar-refractivity contribution in [3.8, 4) is 5.75 Å². The summed E-state index contributed by atoms with van der Waals surface area (Å²) in [4.78, 5) is 34.2. The largest absolute Gasteiger partial charge is 0.473 e. The highest BCUT2D eigenvalue weighted by atomic mass is 16.6. The van der Waals surface area contributed by atoms with Crippen LogP contribution < -0.4 is 4.74 Å². The summed E-state index contributed by atoms with van der Waals surface area (Å²) in [5.41, 5.74) is 0.00681. The van der Waals surface area contributed by atoms with E-state index < -0.39 is 11.0 Å². The van der Waals surface area contributed by atoms with Crippen LogP contribution in [0, 0.1) is 10.1 Å². The van der Waals surface area contributed by atoms with Crippen LogP contribution in [0.3, 0.4) is 0 Å². The summed E-state index contributed by atoms with van der Waals surface area (Å²) in [7, 11) is 1.64. The lowest BCUT2D eigenvalue weighted by Crippen LogP contribution is -2.29. The second kappa shape index (κ2) is 5.05. The predicted octanol–water partition coefficient (Wildman–Crippen LogP) is 1.02. The zero-order chi connectivity index (χ0) is 14.0. The molecule has 100 valence electrons. The molecule has 0 bridgehead atoms. The van der Waals surface area contributed by atoms with Crippen LogP contribution in [0.1, 0.15) is 16.8 Å². The zero-order valence-electron chi connectivity index (χ0n) is 10.2. The molecular formula is C12H12N2O5. The lowest BCUT2D eigenvalue weighted by atomic mass is 10.2. The number of nitro groups is 1. The number of carbonyl (C=O) groups excluding carboxylic acids is 2. The number of amides is 1. The van der Waals surface area contributed by atoms with E-state index in [4.69, 9.17) is 4.74 Å². The molecule has 1 saturated heterocycles. The number of hydrogen-bond donors (Lipinski definition) is 0. The summed E-state index contributed by atoms with van der Waals surface area (Å²) in [6, 6.07) is 3.81. The Morgan fingerprint density at radius 2 is 2.26 bits per heavy atom. The first-order chi connectivity index (χ1) is 9.02. The first-order valence-electron chi connectivity index (χ1n) is 5.68. The van der Waals surface area contributed by atoms with E-state index in [2.05, 4.69) is 0 Å². The van der Waals surface area contributed by atoms with Crippen LogP contribution in [0.4, 0.5) is 5.69 Å². The van der Waals surface area contributed by atoms with Gasteiger partial charge in [-0.15, -0.1) is 0 Å². The molecule has 19 heavy (non-hydrogen) atoms. The van der Waals surface area contributed by atoms with Crippen molar-refractivity contribution in [1.29, 1.82) is 0 Å². The molecule has 1 aromatic carbocycles. The summed E-state index contributed by atoms with van der Waals surface area (Å²) in [6.45, 7) is 0.546. The van der Waals surface area contributed by atoms with E-state index in [1.807, 2.05) is 0 Å². The lowest BCUT2D eigenvalue weighted by molar-refractivity contribution is -0.386. The van der Waals surface area contributed by atoms with E-state index in [9.17, 15) is 19.7 Å². The van der Waals surface area contributed by atoms with Crippen molar-refractivity contribution in [1.82, 2.24) is 4.90 Å². The minimum Gasteiger partial charge on any atom is -0.473 e. The van der Waals surface area contributed by atoms with Crippen molar-refractivity contribution in [3.05, 3.63) is 33.9 Å². The second-order valence-corrected chi connectivity index (χ2v) is 4.26. The Labute approximate surface area is 108 Å². The van der Waals surface area contributed by atoms with Gasteiger partial charge in [0.05, 0.1) is 4.92 Å². The van der Waals surface area contributed by atoms with Gasteiger partial charge < -0.3 is 9.64 Å². The van der Waals surface area contributed by atoms with Gasteiger partial charge in [-0.3, -0.25) is 19.7 Å². The van der Waals surface area contributed by atoms with Gasteiger partial charge in [0.2, 0.25) is 0 Å². The maximum Gasteiger partial charge on any atom is 0.310 e. The van der Waals surface area contributed by atoms with Crippen molar-refractivity contribution in [2.75, 3.05) is 13.6 Å². The molecule has 1 aromatic rings. The van der Waals surface area contributed by atoms with Crippen LogP contribution in [-0.2, 0) is 4.79 Å². The number of aldehydes is 1. The van der Waals surface area contributed by atoms with Gasteiger partial charge in [0.15, 0.2) is 11.9 Å². The van der Waals surface area contributed by atoms with Gasteiger partial charge in [-0.05, 0) is 12.1 Å². The highest BCUT2D eigenvalue weighted by Crippen LogP contribution is 2.30. The summed E-state index contributed by atoms with van der Waals surface area (Å²) in [5.74, 6) is -0.269. The van der Waals surface area contributed by atoms with E-state index in [1.54, 1.807) is 7.05 Å². The molecule has 0 aromatic heterocycles. The standard InChI is InChI=1S/C12H12N2O5/c1-13-5-4-10(12(13)16)19-11-6-8(7-15)2-3-9(11)14(17)18/h2-3,6-7,10H,4-5H2,1H3. The van der Waals surface area contributed by atoms with Gasteiger partial charge >= 0.3 is 5.69 Å². The molecule has 0 aliphatic carbocycles. The van der Waals surface area contributed by atoms with Crippen LogP contribution in [0.15, 0.2) is 18.2 Å². The van der Waals surface area contributed by atoms with Crippen molar-refractivity contribution in [3.63, 3.8) is 0 Å². The van der Waals surface area contributed by atoms with E-state index in [1.165, 1.54) is 23.1 Å². The third-order valence-corrected chi connectivity index (χ3v) is 2.96. The van der Waals surface area contributed by atoms with E-state index >= 15 is 0 Å². The Bertz CT molecular complexity index is 543. The number of rotatable bonds is 4. The van der Waals surface area contributed by atoms with Crippen LogP contribution in [0.5, 0.6) is 5.75 Å². The van der Waals surface area contributed by atoms with Crippen LogP contribution >= 0.6 is 0 Å². The van der Waals surface area contributed by atoms with Gasteiger partial charge in [0.25, 0.3) is 5.91 Å². The fourth-order valence-electron chi connectivity index (χ4n) is 1.90. The molecule has 1 aliphatic heterocycles. The van der Waals surface area contributed by atoms with Gasteiger partial charge in [-0.2, -0.15) is 0 Å². The van der Waals surface area contributed by atoms with Gasteiger partial charge in [-0.25, -0.2) is 0 Å². The lowest BCUT2D eigenvalue weighted by Gasteiger charge is -2.13. The molecule has 1 fully saturated rings. The molecule has 0 spiro atoms. The molecule has 0 N–H and O–H groups in total. The number of nitrogens with zero attached hydrogens (tertiary/aromatic N) is 2. The molecule has 7 nitrogen and oxygen atoms in total. The number of ether oxygens (including phenoxy) is 1. The maximum atomic E-state index is 11.7. The molecule has 1 aliphatic rings. The summed E-state index contributed by atoms with van der Waals surface area (Å²) < 4.78 is 5.40. The number of likely N-dealkylation sites (N-methyl/N-ethyl adjacent to an activating group) is 1. The zero-order valence-corrected chi connectivity index (χ0v) is 10.2. The predicted molar refractivity (Wildman–Crippen MR) is 65.2 cm³/mol. The summed E-state index contributed by atoms with van der Waals surface area (Å²) in [5, 5.41) is 10.9. The summed E-state index contributed by atoms with van der Waals surface area (Å²) in [6.07, 6.45) is 0.308. The fraction of sp³-hybridized carbons (Fsp3) is 0.333. The first-order valence-corrected chi connectivity index (χ1v) is 5.68. The average molecular weight is 264 g/mol. The number of nitro benzene ring substituents is 1. The van der Waals surface area contributed by atoms with Crippen LogP contribution in [0.2, 0.25) is 0 Å². The van der Waals surface area contributed by atoms with Crippen molar-refractivity contribution < 1.29 is 19.2 Å². The van der Waals surface area contributed by atoms with Gasteiger partial charge in [0, 0.05) is 31.6 Å². The molecule has 2 rings (SSSR count). The number of benzene rings is 1. The fourth-order valence-corrected chi connectivity index (χ4v) is 1.90. The topological polar surface area (TPSA) is 89.8 Å². The smallest absolute Gasteiger partial charge is 0.310 e. The molecular weight excluding hydrogens is 252 g/mol. The van der Waals surface area contributed by atoms with Crippen molar-refractivity contribution in [2.24, 2.45) is 0 Å². The Kier molecular flexibility index (Phi) is 3.46. The van der Waals surface area contributed by atoms with Crippen molar-refractivity contribution in [2.45, 2.75) is 12.5 Å². The Morgan fingerprint density at radius 1 is 1.53 bits per heavy atom.